The fraction of sp³-hybridized carbons (Fsp3) is 0.667. The van der Waals surface area contributed by atoms with Gasteiger partial charge in [0, 0.05) is 6.21 Å². The zero-order chi connectivity index (χ0) is 14.0. The summed E-state index contributed by atoms with van der Waals surface area (Å²) in [6, 6.07) is 0. The van der Waals surface area contributed by atoms with Crippen molar-refractivity contribution in [2.45, 2.75) is 30.8 Å². The summed E-state index contributed by atoms with van der Waals surface area (Å²) in [6.07, 6.45) is -1.71. The number of hydrogen-bond acceptors (Lipinski definition) is 8. The molecule has 0 aliphatic carbocycles. The molecule has 10 heteroatoms. The number of hydrazine groups is 1. The molecule has 1 fully saturated rings. The van der Waals surface area contributed by atoms with Crippen molar-refractivity contribution >= 4 is 6.21 Å². The molecule has 2 rings (SSSR count). The number of rotatable bonds is 4. The van der Waals surface area contributed by atoms with Crippen molar-refractivity contribution in [3.8, 4) is 0 Å². The minimum Gasteiger partial charge on any atom is -0.394 e. The molecule has 0 aromatic carbocycles. The lowest BCUT2D eigenvalue weighted by Crippen LogP contribution is -2.53. The van der Waals surface area contributed by atoms with Crippen LogP contribution in [0.2, 0.25) is 0 Å². The SMILES string of the molecule is O=[N+]([O-])N1C=CC=NC1N[C@@H]1O[C@H](CO)[C@@H](O)[C@H]1O. The van der Waals surface area contributed by atoms with E-state index in [4.69, 9.17) is 9.84 Å². The van der Waals surface area contributed by atoms with Gasteiger partial charge in [0.25, 0.3) is 0 Å². The van der Waals surface area contributed by atoms with Crippen molar-refractivity contribution in [3.05, 3.63) is 22.4 Å². The second-order valence-electron chi connectivity index (χ2n) is 4.06. The molecule has 4 N–H and O–H groups in total. The number of ether oxygens (including phenoxy) is 1. The van der Waals surface area contributed by atoms with Gasteiger partial charge in [0.15, 0.2) is 5.03 Å². The highest BCUT2D eigenvalue weighted by molar-refractivity contribution is 5.71. The van der Waals surface area contributed by atoms with Gasteiger partial charge in [-0.1, -0.05) is 5.01 Å². The number of aliphatic hydroxyl groups excluding tert-OH is 3. The Morgan fingerprint density at radius 3 is 2.79 bits per heavy atom. The van der Waals surface area contributed by atoms with E-state index in [9.17, 15) is 20.3 Å². The molecule has 0 radical (unpaired) electrons. The Kier molecular flexibility index (Phi) is 4.07. The summed E-state index contributed by atoms with van der Waals surface area (Å²) >= 11 is 0. The van der Waals surface area contributed by atoms with Gasteiger partial charge in [-0.2, -0.15) is 0 Å². The van der Waals surface area contributed by atoms with Crippen LogP contribution in [0.3, 0.4) is 0 Å². The second kappa shape index (κ2) is 5.59. The minimum absolute atomic E-state index is 0.469. The normalized spacial score (nSPS) is 37.8. The lowest BCUT2D eigenvalue weighted by atomic mass is 10.1. The maximum absolute atomic E-state index is 10.8. The highest BCUT2D eigenvalue weighted by Gasteiger charge is 2.44. The summed E-state index contributed by atoms with van der Waals surface area (Å²) < 4.78 is 5.16. The molecule has 106 valence electrons. The van der Waals surface area contributed by atoms with Crippen LogP contribution in [0.25, 0.3) is 0 Å². The third kappa shape index (κ3) is 2.72. The van der Waals surface area contributed by atoms with E-state index in [2.05, 4.69) is 10.3 Å². The average molecular weight is 274 g/mol. The lowest BCUT2D eigenvalue weighted by Gasteiger charge is -2.25. The molecule has 2 heterocycles. The van der Waals surface area contributed by atoms with Gasteiger partial charge in [-0.15, -0.1) is 0 Å². The van der Waals surface area contributed by atoms with Crippen molar-refractivity contribution in [2.75, 3.05) is 6.61 Å². The van der Waals surface area contributed by atoms with Crippen molar-refractivity contribution in [1.29, 1.82) is 0 Å². The van der Waals surface area contributed by atoms with Gasteiger partial charge in [-0.05, 0) is 6.08 Å². The molecule has 1 unspecified atom stereocenters. The van der Waals surface area contributed by atoms with E-state index >= 15 is 0 Å². The van der Waals surface area contributed by atoms with Crippen LogP contribution in [-0.2, 0) is 4.74 Å². The van der Waals surface area contributed by atoms with E-state index in [0.29, 0.717) is 5.01 Å². The molecule has 10 nitrogen and oxygen atoms in total. The van der Waals surface area contributed by atoms with E-state index in [0.717, 1.165) is 0 Å². The summed E-state index contributed by atoms with van der Waals surface area (Å²) in [6.45, 7) is -0.469. The summed E-state index contributed by atoms with van der Waals surface area (Å²) in [4.78, 5) is 14.6. The zero-order valence-corrected chi connectivity index (χ0v) is 9.73. The lowest BCUT2D eigenvalue weighted by molar-refractivity contribution is -0.650. The van der Waals surface area contributed by atoms with Gasteiger partial charge in [0.05, 0.1) is 12.8 Å². The number of nitrogens with zero attached hydrogens (tertiary/aromatic N) is 3. The van der Waals surface area contributed by atoms with E-state index in [1.165, 1.54) is 18.5 Å². The number of nitro groups is 1. The Morgan fingerprint density at radius 2 is 2.21 bits per heavy atom. The van der Waals surface area contributed by atoms with Gasteiger partial charge >= 0.3 is 0 Å². The van der Waals surface area contributed by atoms with Crippen molar-refractivity contribution in [1.82, 2.24) is 10.3 Å². The first-order valence-corrected chi connectivity index (χ1v) is 5.55. The van der Waals surface area contributed by atoms with Crippen LogP contribution in [0.4, 0.5) is 0 Å². The summed E-state index contributed by atoms with van der Waals surface area (Å²) in [5, 5.41) is 41.6. The highest BCUT2D eigenvalue weighted by atomic mass is 16.7. The Hall–Kier alpha value is -1.59. The topological polar surface area (TPSA) is 141 Å². The number of hydrogen-bond donors (Lipinski definition) is 4. The fourth-order valence-electron chi connectivity index (χ4n) is 1.85. The van der Waals surface area contributed by atoms with E-state index in [1.54, 1.807) is 0 Å². The fourth-order valence-corrected chi connectivity index (χ4v) is 1.85. The van der Waals surface area contributed by atoms with Gasteiger partial charge in [0.2, 0.25) is 6.29 Å². The summed E-state index contributed by atoms with van der Waals surface area (Å²) in [7, 11) is 0. The monoisotopic (exact) mass is 274 g/mol. The maximum atomic E-state index is 10.8. The first-order chi connectivity index (χ1) is 9.04. The number of allylic oxidation sites excluding steroid dienone is 1. The quantitative estimate of drug-likeness (QED) is 0.323. The van der Waals surface area contributed by atoms with Crippen molar-refractivity contribution in [2.24, 2.45) is 4.99 Å². The third-order valence-electron chi connectivity index (χ3n) is 2.85. The minimum atomic E-state index is -1.31. The first kappa shape index (κ1) is 13.8. The van der Waals surface area contributed by atoms with Crippen LogP contribution in [0.5, 0.6) is 0 Å². The van der Waals surface area contributed by atoms with Crippen LogP contribution in [-0.4, -0.2) is 69.0 Å². The van der Waals surface area contributed by atoms with E-state index < -0.39 is 42.5 Å². The standard InChI is InChI=1S/C9H14N4O6/c14-4-5-6(15)7(16)8(19-5)11-9-10-2-1-3-12(9)13(17)18/h1-3,5-9,11,14-16H,4H2/t5-,6-,7-,8-,9?/m1/s1. The van der Waals surface area contributed by atoms with Crippen molar-refractivity contribution < 1.29 is 25.1 Å². The molecular formula is C9H14N4O6. The van der Waals surface area contributed by atoms with Gasteiger partial charge in [-0.25, -0.2) is 20.4 Å². The van der Waals surface area contributed by atoms with Gasteiger partial charge < -0.3 is 20.1 Å². The predicted molar refractivity (Wildman–Crippen MR) is 61.1 cm³/mol. The predicted octanol–water partition coefficient (Wildman–Crippen LogP) is -2.61. The molecule has 0 bridgehead atoms. The molecule has 0 saturated carbocycles. The highest BCUT2D eigenvalue weighted by Crippen LogP contribution is 2.20. The Labute approximate surface area is 107 Å². The van der Waals surface area contributed by atoms with Crippen LogP contribution in [0, 0.1) is 10.1 Å². The largest absolute Gasteiger partial charge is 0.394 e. The maximum Gasteiger partial charge on any atom is 0.239 e. The van der Waals surface area contributed by atoms with E-state index in [1.807, 2.05) is 0 Å². The zero-order valence-electron chi connectivity index (χ0n) is 9.73. The smallest absolute Gasteiger partial charge is 0.239 e. The molecule has 2 aliphatic rings. The van der Waals surface area contributed by atoms with Gasteiger partial charge in [0.1, 0.15) is 24.5 Å². The Morgan fingerprint density at radius 1 is 1.47 bits per heavy atom. The molecular weight excluding hydrogens is 260 g/mol. The molecule has 0 spiro atoms. The molecule has 0 aromatic rings. The van der Waals surface area contributed by atoms with Crippen molar-refractivity contribution in [3.63, 3.8) is 0 Å². The van der Waals surface area contributed by atoms with Crippen LogP contribution >= 0.6 is 0 Å². The molecule has 19 heavy (non-hydrogen) atoms. The van der Waals surface area contributed by atoms with Crippen LogP contribution in [0.1, 0.15) is 0 Å². The number of aliphatic hydroxyl groups is 3. The molecule has 1 saturated heterocycles. The summed E-state index contributed by atoms with van der Waals surface area (Å²) in [5.41, 5.74) is 0. The molecule has 0 aromatic heterocycles. The third-order valence-corrected chi connectivity index (χ3v) is 2.85. The molecule has 5 atom stereocenters. The number of aliphatic imine (C=N–C) groups is 1. The van der Waals surface area contributed by atoms with Crippen LogP contribution < -0.4 is 5.32 Å². The first-order valence-electron chi connectivity index (χ1n) is 5.55. The Balaban J connectivity index is 2.03. The molecule has 2 aliphatic heterocycles. The number of nitrogens with one attached hydrogen (secondary N) is 1. The average Bonchev–Trinajstić information content (AvgIpc) is 2.67. The molecule has 0 amide bonds. The van der Waals surface area contributed by atoms with Gasteiger partial charge in [-0.3, -0.25) is 0 Å². The second-order valence-corrected chi connectivity index (χ2v) is 4.06. The summed E-state index contributed by atoms with van der Waals surface area (Å²) in [5.74, 6) is 0. The Bertz CT molecular complexity index is 402. The van der Waals surface area contributed by atoms with Crippen LogP contribution in [0.15, 0.2) is 17.3 Å². The van der Waals surface area contributed by atoms with E-state index in [-0.39, 0.29) is 0 Å².